The molecule has 182 valence electrons. The van der Waals surface area contributed by atoms with Gasteiger partial charge in [0.2, 0.25) is 0 Å². The SMILES string of the molecule is CC1=C(C)c2c(C)c(C)c(C)c(C)c2C2(C=Cc3ccc4ccoc4c32)c2c(C)c(C)c(C)c(C)c21. The zero-order chi connectivity index (χ0) is 25.8. The van der Waals surface area contributed by atoms with Crippen molar-refractivity contribution in [3.8, 4) is 0 Å². The Balaban J connectivity index is 1.99. The first kappa shape index (κ1) is 23.1. The standard InChI is InChI=1S/C35H36O/c1-17-19(3)25(9)31-29(21(17)5)23(7)24(8)30-22(6)18(2)20(4)26(10)32(30)35(31)15-13-27-11-12-28-14-16-36-34(28)33(27)35/h11-16H,1-10H3. The van der Waals surface area contributed by atoms with E-state index in [0.717, 1.165) is 5.58 Å². The average Bonchev–Trinajstić information content (AvgIpc) is 3.47. The molecule has 1 heteroatoms. The molecule has 0 atom stereocenters. The molecule has 0 radical (unpaired) electrons. The molecule has 1 heterocycles. The minimum Gasteiger partial charge on any atom is -0.464 e. The quantitative estimate of drug-likeness (QED) is 0.248. The van der Waals surface area contributed by atoms with E-state index in [1.165, 1.54) is 94.4 Å². The number of fused-ring (bicyclic) bond motifs is 8. The van der Waals surface area contributed by atoms with Crippen LogP contribution in [0.3, 0.4) is 0 Å². The Labute approximate surface area is 215 Å². The van der Waals surface area contributed by atoms with E-state index in [1.807, 2.05) is 6.26 Å². The Morgan fingerprint density at radius 1 is 0.528 bits per heavy atom. The van der Waals surface area contributed by atoms with Gasteiger partial charge in [0.25, 0.3) is 0 Å². The maximum Gasteiger partial charge on any atom is 0.139 e. The van der Waals surface area contributed by atoms with Gasteiger partial charge in [0, 0.05) is 10.9 Å². The lowest BCUT2D eigenvalue weighted by molar-refractivity contribution is 0.603. The van der Waals surface area contributed by atoms with Gasteiger partial charge in [0.15, 0.2) is 0 Å². The molecular formula is C35H36O. The fourth-order valence-corrected chi connectivity index (χ4v) is 7.36. The summed E-state index contributed by atoms with van der Waals surface area (Å²) in [5.74, 6) is 0. The minimum absolute atomic E-state index is 0.420. The van der Waals surface area contributed by atoms with E-state index in [2.05, 4.69) is 99.6 Å². The van der Waals surface area contributed by atoms with Gasteiger partial charge < -0.3 is 4.42 Å². The Morgan fingerprint density at radius 2 is 1.03 bits per heavy atom. The molecule has 0 saturated carbocycles. The van der Waals surface area contributed by atoms with E-state index < -0.39 is 5.41 Å². The van der Waals surface area contributed by atoms with Crippen molar-refractivity contribution in [1.29, 1.82) is 0 Å². The first-order valence-corrected chi connectivity index (χ1v) is 13.1. The van der Waals surface area contributed by atoms with E-state index in [4.69, 9.17) is 4.42 Å². The molecular weight excluding hydrogens is 436 g/mol. The molecule has 36 heavy (non-hydrogen) atoms. The molecule has 1 aromatic heterocycles. The third-order valence-corrected chi connectivity index (χ3v) is 10.0. The largest absolute Gasteiger partial charge is 0.464 e. The summed E-state index contributed by atoms with van der Waals surface area (Å²) in [5, 5.41) is 1.17. The van der Waals surface area contributed by atoms with Crippen molar-refractivity contribution >= 4 is 28.2 Å². The fraction of sp³-hybridized carbons (Fsp3) is 0.314. The van der Waals surface area contributed by atoms with Crippen LogP contribution in [0.5, 0.6) is 0 Å². The summed E-state index contributed by atoms with van der Waals surface area (Å²) in [6.07, 6.45) is 6.68. The van der Waals surface area contributed by atoms with Crippen LogP contribution in [0.4, 0.5) is 0 Å². The highest BCUT2D eigenvalue weighted by molar-refractivity contribution is 6.01. The van der Waals surface area contributed by atoms with Crippen LogP contribution in [-0.4, -0.2) is 0 Å². The molecule has 6 rings (SSSR count). The van der Waals surface area contributed by atoms with Gasteiger partial charge >= 0.3 is 0 Å². The summed E-state index contributed by atoms with van der Waals surface area (Å²) in [6.45, 7) is 23.2. The van der Waals surface area contributed by atoms with Crippen molar-refractivity contribution in [3.63, 3.8) is 0 Å². The number of hydrogen-bond donors (Lipinski definition) is 0. The summed E-state index contributed by atoms with van der Waals surface area (Å²) < 4.78 is 6.31. The van der Waals surface area contributed by atoms with Crippen LogP contribution < -0.4 is 0 Å². The van der Waals surface area contributed by atoms with Gasteiger partial charge in [0.05, 0.1) is 11.7 Å². The predicted octanol–water partition coefficient (Wildman–Crippen LogP) is 9.53. The maximum absolute atomic E-state index is 6.31. The Kier molecular flexibility index (Phi) is 4.72. The van der Waals surface area contributed by atoms with Crippen LogP contribution in [-0.2, 0) is 5.41 Å². The fourth-order valence-electron chi connectivity index (χ4n) is 7.36. The van der Waals surface area contributed by atoms with E-state index >= 15 is 0 Å². The van der Waals surface area contributed by atoms with Crippen LogP contribution in [0, 0.1) is 55.4 Å². The molecule has 4 aromatic rings. The maximum atomic E-state index is 6.31. The summed E-state index contributed by atoms with van der Waals surface area (Å²) >= 11 is 0. The lowest BCUT2D eigenvalue weighted by atomic mass is 9.63. The van der Waals surface area contributed by atoms with Crippen molar-refractivity contribution in [2.24, 2.45) is 0 Å². The zero-order valence-electron chi connectivity index (χ0n) is 23.4. The molecule has 1 nitrogen and oxygen atoms in total. The van der Waals surface area contributed by atoms with Crippen molar-refractivity contribution in [1.82, 2.24) is 0 Å². The number of rotatable bonds is 0. The van der Waals surface area contributed by atoms with Gasteiger partial charge in [-0.1, -0.05) is 24.3 Å². The molecule has 0 fully saturated rings. The summed E-state index contributed by atoms with van der Waals surface area (Å²) in [6, 6.07) is 6.58. The smallest absolute Gasteiger partial charge is 0.139 e. The highest BCUT2D eigenvalue weighted by atomic mass is 16.3. The second kappa shape index (κ2) is 7.35. The van der Waals surface area contributed by atoms with Crippen molar-refractivity contribution in [3.05, 3.63) is 108 Å². The van der Waals surface area contributed by atoms with Crippen LogP contribution >= 0.6 is 0 Å². The number of allylic oxidation sites excluding steroid dienone is 3. The van der Waals surface area contributed by atoms with Gasteiger partial charge in [-0.3, -0.25) is 0 Å². The van der Waals surface area contributed by atoms with E-state index in [0.29, 0.717) is 0 Å². The molecule has 0 amide bonds. The number of benzene rings is 3. The zero-order valence-corrected chi connectivity index (χ0v) is 23.4. The summed E-state index contributed by atoms with van der Waals surface area (Å²) in [5.41, 5.74) is 22.8. The lowest BCUT2D eigenvalue weighted by Gasteiger charge is -2.38. The molecule has 0 aliphatic heterocycles. The van der Waals surface area contributed by atoms with Crippen molar-refractivity contribution < 1.29 is 4.42 Å². The molecule has 0 bridgehead atoms. The second-order valence-corrected chi connectivity index (χ2v) is 11.3. The average molecular weight is 473 g/mol. The highest BCUT2D eigenvalue weighted by Crippen LogP contribution is 2.58. The predicted molar refractivity (Wildman–Crippen MR) is 154 cm³/mol. The molecule has 0 unspecified atom stereocenters. The second-order valence-electron chi connectivity index (χ2n) is 11.3. The van der Waals surface area contributed by atoms with Gasteiger partial charge in [-0.05, 0) is 159 Å². The third-order valence-electron chi connectivity index (χ3n) is 10.0. The lowest BCUT2D eigenvalue weighted by Crippen LogP contribution is -2.31. The monoisotopic (exact) mass is 472 g/mol. The first-order valence-electron chi connectivity index (χ1n) is 13.1. The van der Waals surface area contributed by atoms with E-state index in [9.17, 15) is 0 Å². The van der Waals surface area contributed by atoms with Crippen molar-refractivity contribution in [2.75, 3.05) is 0 Å². The molecule has 2 aliphatic carbocycles. The molecule has 1 spiro atoms. The molecule has 0 N–H and O–H groups in total. The highest BCUT2D eigenvalue weighted by Gasteiger charge is 2.48. The van der Waals surface area contributed by atoms with Crippen LogP contribution in [0.2, 0.25) is 0 Å². The van der Waals surface area contributed by atoms with Gasteiger partial charge in [-0.15, -0.1) is 0 Å². The minimum atomic E-state index is -0.420. The Hall–Kier alpha value is -3.32. The Bertz CT molecular complexity index is 1630. The third kappa shape index (κ3) is 2.51. The molecule has 2 aliphatic rings. The Morgan fingerprint density at radius 3 is 1.56 bits per heavy atom. The van der Waals surface area contributed by atoms with Gasteiger partial charge in [-0.2, -0.15) is 0 Å². The van der Waals surface area contributed by atoms with Gasteiger partial charge in [-0.25, -0.2) is 0 Å². The summed E-state index contributed by atoms with van der Waals surface area (Å²) in [4.78, 5) is 0. The van der Waals surface area contributed by atoms with Crippen LogP contribution in [0.25, 0.3) is 28.2 Å². The van der Waals surface area contributed by atoms with E-state index in [1.54, 1.807) is 0 Å². The first-order chi connectivity index (χ1) is 17.0. The van der Waals surface area contributed by atoms with Gasteiger partial charge in [0.1, 0.15) is 5.58 Å². The van der Waals surface area contributed by atoms with E-state index in [-0.39, 0.29) is 0 Å². The topological polar surface area (TPSA) is 13.1 Å². The summed E-state index contributed by atoms with van der Waals surface area (Å²) in [7, 11) is 0. The van der Waals surface area contributed by atoms with Crippen LogP contribution in [0.1, 0.15) is 91.7 Å². The molecule has 3 aromatic carbocycles. The number of hydrogen-bond acceptors (Lipinski definition) is 1. The van der Waals surface area contributed by atoms with Crippen LogP contribution in [0.15, 0.2) is 35.0 Å². The molecule has 0 saturated heterocycles. The number of furan rings is 1. The van der Waals surface area contributed by atoms with Crippen molar-refractivity contribution in [2.45, 2.75) is 74.7 Å². The normalized spacial score (nSPS) is 15.5.